The van der Waals surface area contributed by atoms with Gasteiger partial charge in [0.25, 0.3) is 5.56 Å². The van der Waals surface area contributed by atoms with Crippen LogP contribution < -0.4 is 11.2 Å². The van der Waals surface area contributed by atoms with Gasteiger partial charge in [-0.3, -0.25) is 14.3 Å². The number of aromatic amines is 1. The Balaban J connectivity index is 1.40. The molecule has 1 aliphatic heterocycles. The molecule has 1 aromatic heterocycles. The van der Waals surface area contributed by atoms with Gasteiger partial charge in [0.15, 0.2) is 0 Å². The van der Waals surface area contributed by atoms with Gasteiger partial charge in [-0.2, -0.15) is 13.2 Å². The summed E-state index contributed by atoms with van der Waals surface area (Å²) >= 11 is 6.06. The summed E-state index contributed by atoms with van der Waals surface area (Å²) in [6, 6.07) is 10.3. The van der Waals surface area contributed by atoms with Crippen LogP contribution >= 0.6 is 11.6 Å². The smallest absolute Gasteiger partial charge is 0.305 e. The minimum atomic E-state index is -4.36. The van der Waals surface area contributed by atoms with Gasteiger partial charge in [-0.15, -0.1) is 0 Å². The number of hydrogen-bond acceptors (Lipinski definition) is 3. The molecule has 0 spiro atoms. The molecule has 0 unspecified atom stereocenters. The lowest BCUT2D eigenvalue weighted by atomic mass is 9.97. The maximum Gasteiger partial charge on any atom is 0.416 e. The number of nitrogens with zero attached hydrogens (tertiary/aromatic N) is 2. The first-order valence-electron chi connectivity index (χ1n) is 10.2. The van der Waals surface area contributed by atoms with Gasteiger partial charge in [-0.25, -0.2) is 4.79 Å². The Labute approximate surface area is 186 Å². The molecule has 3 aromatic rings. The topological polar surface area (TPSA) is 58.1 Å². The molecule has 0 radical (unpaired) electrons. The van der Waals surface area contributed by atoms with Crippen LogP contribution in [0, 0.1) is 0 Å². The van der Waals surface area contributed by atoms with Crippen LogP contribution in [0.4, 0.5) is 13.2 Å². The van der Waals surface area contributed by atoms with E-state index in [1.807, 2.05) is 6.08 Å². The van der Waals surface area contributed by atoms with E-state index in [9.17, 15) is 22.8 Å². The van der Waals surface area contributed by atoms with Crippen LogP contribution in [0.3, 0.4) is 0 Å². The highest BCUT2D eigenvalue weighted by Gasteiger charge is 2.30. The molecule has 0 saturated carbocycles. The summed E-state index contributed by atoms with van der Waals surface area (Å²) in [6.45, 7) is 2.22. The summed E-state index contributed by atoms with van der Waals surface area (Å²) in [5, 5.41) is 0.685. The van der Waals surface area contributed by atoms with Crippen molar-refractivity contribution in [3.63, 3.8) is 0 Å². The zero-order valence-electron chi connectivity index (χ0n) is 17.1. The summed E-state index contributed by atoms with van der Waals surface area (Å²) < 4.78 is 40.0. The Kier molecular flexibility index (Phi) is 6.26. The second-order valence-electron chi connectivity index (χ2n) is 7.76. The summed E-state index contributed by atoms with van der Waals surface area (Å²) in [4.78, 5) is 29.8. The van der Waals surface area contributed by atoms with Crippen LogP contribution in [-0.4, -0.2) is 34.1 Å². The molecule has 2 aromatic carbocycles. The molecule has 0 bridgehead atoms. The highest BCUT2D eigenvalue weighted by Crippen LogP contribution is 2.32. The number of hydrogen-bond donors (Lipinski definition) is 1. The Morgan fingerprint density at radius 2 is 1.84 bits per heavy atom. The van der Waals surface area contributed by atoms with E-state index in [1.54, 1.807) is 24.3 Å². The first kappa shape index (κ1) is 22.4. The number of para-hydroxylation sites is 1. The zero-order chi connectivity index (χ0) is 22.9. The molecule has 0 saturated heterocycles. The first-order chi connectivity index (χ1) is 15.2. The number of fused-ring (bicyclic) bond motifs is 1. The molecule has 2 heterocycles. The maximum atomic E-state index is 13.0. The number of rotatable bonds is 5. The molecular formula is C23H21ClF3N3O2. The second kappa shape index (κ2) is 8.96. The summed E-state index contributed by atoms with van der Waals surface area (Å²) in [6.07, 6.45) is -1.20. The molecule has 1 N–H and O–H groups in total. The van der Waals surface area contributed by atoms with Gasteiger partial charge >= 0.3 is 11.9 Å². The van der Waals surface area contributed by atoms with Crippen molar-refractivity contribution in [2.75, 3.05) is 19.6 Å². The van der Waals surface area contributed by atoms with Crippen molar-refractivity contribution in [1.82, 2.24) is 14.5 Å². The Morgan fingerprint density at radius 1 is 1.06 bits per heavy atom. The van der Waals surface area contributed by atoms with E-state index in [0.717, 1.165) is 11.6 Å². The predicted molar refractivity (Wildman–Crippen MR) is 119 cm³/mol. The van der Waals surface area contributed by atoms with Crippen LogP contribution in [0.25, 0.3) is 16.5 Å². The lowest BCUT2D eigenvalue weighted by molar-refractivity contribution is -0.137. The number of nitrogens with one attached hydrogen (secondary N) is 1. The van der Waals surface area contributed by atoms with Gasteiger partial charge in [0.2, 0.25) is 0 Å². The van der Waals surface area contributed by atoms with Crippen molar-refractivity contribution >= 4 is 28.1 Å². The lowest BCUT2D eigenvalue weighted by Crippen LogP contribution is -2.37. The molecule has 0 fully saturated rings. The summed E-state index contributed by atoms with van der Waals surface area (Å²) in [7, 11) is 0. The van der Waals surface area contributed by atoms with Crippen molar-refractivity contribution in [3.05, 3.63) is 85.5 Å². The van der Waals surface area contributed by atoms with Gasteiger partial charge in [-0.05, 0) is 48.2 Å². The lowest BCUT2D eigenvalue weighted by Gasteiger charge is -2.26. The minimum absolute atomic E-state index is 0.261. The van der Waals surface area contributed by atoms with Gasteiger partial charge in [-0.1, -0.05) is 35.9 Å². The molecule has 0 amide bonds. The van der Waals surface area contributed by atoms with Crippen LogP contribution in [0.15, 0.2) is 58.1 Å². The van der Waals surface area contributed by atoms with Crippen molar-refractivity contribution in [2.45, 2.75) is 25.6 Å². The fourth-order valence-corrected chi connectivity index (χ4v) is 4.19. The monoisotopic (exact) mass is 463 g/mol. The third-order valence-corrected chi connectivity index (χ3v) is 5.99. The van der Waals surface area contributed by atoms with Crippen LogP contribution in [0.2, 0.25) is 5.02 Å². The molecule has 0 aliphatic carbocycles. The van der Waals surface area contributed by atoms with Crippen molar-refractivity contribution in [3.8, 4) is 0 Å². The van der Waals surface area contributed by atoms with E-state index >= 15 is 0 Å². The molecule has 5 nitrogen and oxygen atoms in total. The van der Waals surface area contributed by atoms with E-state index < -0.39 is 17.4 Å². The normalized spacial score (nSPS) is 15.2. The van der Waals surface area contributed by atoms with Crippen molar-refractivity contribution in [1.29, 1.82) is 0 Å². The SMILES string of the molecule is O=c1[nH]c2c(Cl)cccc2c(=O)n1CCCN1CC=C(c2cccc(C(F)(F)F)c2)CC1. The largest absolute Gasteiger partial charge is 0.416 e. The van der Waals surface area contributed by atoms with Crippen LogP contribution in [-0.2, 0) is 12.7 Å². The highest BCUT2D eigenvalue weighted by atomic mass is 35.5. The first-order valence-corrected chi connectivity index (χ1v) is 10.6. The predicted octanol–water partition coefficient (Wildman–Crippen LogP) is 4.54. The molecule has 168 valence electrons. The molecular weight excluding hydrogens is 443 g/mol. The van der Waals surface area contributed by atoms with Gasteiger partial charge in [0.1, 0.15) is 0 Å². The van der Waals surface area contributed by atoms with Gasteiger partial charge < -0.3 is 4.98 Å². The van der Waals surface area contributed by atoms with Crippen molar-refractivity contribution in [2.24, 2.45) is 0 Å². The minimum Gasteiger partial charge on any atom is -0.305 e. The summed E-state index contributed by atoms with van der Waals surface area (Å²) in [5.41, 5.74) is 0.297. The van der Waals surface area contributed by atoms with E-state index in [-0.39, 0.29) is 12.1 Å². The van der Waals surface area contributed by atoms with E-state index in [4.69, 9.17) is 11.6 Å². The van der Waals surface area contributed by atoms with E-state index in [0.29, 0.717) is 54.0 Å². The van der Waals surface area contributed by atoms with Gasteiger partial charge in [0.05, 0.1) is 21.5 Å². The van der Waals surface area contributed by atoms with Crippen LogP contribution in [0.5, 0.6) is 0 Å². The molecule has 0 atom stereocenters. The van der Waals surface area contributed by atoms with E-state index in [1.165, 1.54) is 16.7 Å². The van der Waals surface area contributed by atoms with Gasteiger partial charge in [0, 0.05) is 26.2 Å². The summed E-state index contributed by atoms with van der Waals surface area (Å²) in [5.74, 6) is 0. The molecule has 9 heteroatoms. The third kappa shape index (κ3) is 4.66. The fourth-order valence-electron chi connectivity index (χ4n) is 3.97. The zero-order valence-corrected chi connectivity index (χ0v) is 17.8. The number of benzene rings is 2. The third-order valence-electron chi connectivity index (χ3n) is 5.68. The van der Waals surface area contributed by atoms with Crippen LogP contribution in [0.1, 0.15) is 24.0 Å². The maximum absolute atomic E-state index is 13.0. The Morgan fingerprint density at radius 3 is 2.56 bits per heavy atom. The Bertz CT molecular complexity index is 1290. The Hall–Kier alpha value is -2.84. The highest BCUT2D eigenvalue weighted by molar-refractivity contribution is 6.34. The number of H-pyrrole nitrogens is 1. The fraction of sp³-hybridized carbons (Fsp3) is 0.304. The quantitative estimate of drug-likeness (QED) is 0.604. The standard InChI is InChI=1S/C23H21ClF3N3O2/c24-19-7-2-6-18-20(19)28-22(32)30(21(18)31)11-3-10-29-12-8-15(9-13-29)16-4-1-5-17(14-16)23(25,26)27/h1-2,4-8,14H,3,9-13H2,(H,28,32). The molecule has 1 aliphatic rings. The van der Waals surface area contributed by atoms with E-state index in [2.05, 4.69) is 9.88 Å². The number of alkyl halides is 3. The average Bonchev–Trinajstić information content (AvgIpc) is 2.77. The average molecular weight is 464 g/mol. The molecule has 32 heavy (non-hydrogen) atoms. The van der Waals surface area contributed by atoms with Crippen molar-refractivity contribution < 1.29 is 13.2 Å². The second-order valence-corrected chi connectivity index (χ2v) is 8.17. The number of aromatic nitrogens is 2. The number of halogens is 4. The molecule has 4 rings (SSSR count).